The number of nitrogens with one attached hydrogen (secondary N) is 1. The first-order chi connectivity index (χ1) is 14.2. The lowest BCUT2D eigenvalue weighted by molar-refractivity contribution is -0.122. The molecule has 2 aliphatic rings. The third-order valence-electron chi connectivity index (χ3n) is 5.87. The molecule has 1 aliphatic carbocycles. The molecule has 1 aromatic heterocycles. The fraction of sp³-hybridized carbons (Fsp3) is 0.318. The van der Waals surface area contributed by atoms with E-state index >= 15 is 0 Å². The summed E-state index contributed by atoms with van der Waals surface area (Å²) in [5.41, 5.74) is 3.07. The van der Waals surface area contributed by atoms with E-state index in [0.29, 0.717) is 0 Å². The molecule has 2 aromatic carbocycles. The number of carbonyl (C=O) groups is 1. The first-order valence-corrected chi connectivity index (χ1v) is 10.7. The van der Waals surface area contributed by atoms with Crippen LogP contribution in [0.3, 0.4) is 0 Å². The molecule has 29 heavy (non-hydrogen) atoms. The molecule has 1 saturated carbocycles. The average molecular weight is 407 g/mol. The first kappa shape index (κ1) is 18.1. The van der Waals surface area contributed by atoms with Crippen LogP contribution in [-0.2, 0) is 10.2 Å². The smallest absolute Gasteiger partial charge is 0.235 e. The molecule has 7 heteroatoms. The van der Waals surface area contributed by atoms with Gasteiger partial charge in [-0.1, -0.05) is 41.9 Å². The largest absolute Gasteiger partial charge is 0.454 e. The topological polar surface area (TPSA) is 73.3 Å². The van der Waals surface area contributed by atoms with Crippen LogP contribution in [0.15, 0.2) is 47.8 Å². The molecule has 1 aliphatic heterocycles. The van der Waals surface area contributed by atoms with E-state index in [1.165, 1.54) is 11.5 Å². The van der Waals surface area contributed by atoms with Crippen molar-refractivity contribution in [3.63, 3.8) is 0 Å². The number of hydrogen-bond acceptors (Lipinski definition) is 6. The van der Waals surface area contributed by atoms with Gasteiger partial charge in [0.05, 0.1) is 5.41 Å². The van der Waals surface area contributed by atoms with Crippen LogP contribution in [0, 0.1) is 0 Å². The number of aromatic nitrogens is 2. The van der Waals surface area contributed by atoms with E-state index in [-0.39, 0.29) is 12.7 Å². The number of hydrogen-bond donors (Lipinski definition) is 1. The second-order valence-corrected chi connectivity index (χ2v) is 8.14. The molecule has 1 amide bonds. The third kappa shape index (κ3) is 3.35. The van der Waals surface area contributed by atoms with Gasteiger partial charge < -0.3 is 14.8 Å². The highest BCUT2D eigenvalue weighted by molar-refractivity contribution is 7.03. The molecule has 5 rings (SSSR count). The monoisotopic (exact) mass is 407 g/mol. The van der Waals surface area contributed by atoms with Crippen LogP contribution < -0.4 is 14.8 Å². The molecule has 148 valence electrons. The molecule has 2 heterocycles. The lowest BCUT2D eigenvalue weighted by Gasteiger charge is -2.36. The minimum atomic E-state index is -0.545. The van der Waals surface area contributed by atoms with E-state index < -0.39 is 5.41 Å². The molecule has 0 spiro atoms. The number of nitrogens with zero attached hydrogens (tertiary/aromatic N) is 2. The quantitative estimate of drug-likeness (QED) is 0.674. The number of rotatable bonds is 4. The summed E-state index contributed by atoms with van der Waals surface area (Å²) in [6, 6.07) is 13.7. The number of fused-ring (bicyclic) bond motifs is 1. The Morgan fingerprint density at radius 2 is 1.79 bits per heavy atom. The number of ether oxygens (including phenoxy) is 2. The zero-order chi connectivity index (χ0) is 19.7. The SMILES string of the molecule is O=C(Nc1ccc(-c2csnn2)cc1)C1(c2ccc3c(c2)OCO3)CCCCC1. The van der Waals surface area contributed by atoms with Crippen molar-refractivity contribution in [1.29, 1.82) is 0 Å². The Hall–Kier alpha value is -2.93. The van der Waals surface area contributed by atoms with Crippen LogP contribution in [-0.4, -0.2) is 22.3 Å². The molecule has 0 unspecified atom stereocenters. The number of anilines is 1. The van der Waals surface area contributed by atoms with E-state index in [2.05, 4.69) is 14.9 Å². The summed E-state index contributed by atoms with van der Waals surface area (Å²) >= 11 is 1.32. The summed E-state index contributed by atoms with van der Waals surface area (Å²) in [7, 11) is 0. The Kier molecular flexibility index (Phi) is 4.67. The fourth-order valence-electron chi connectivity index (χ4n) is 4.26. The average Bonchev–Trinajstić information content (AvgIpc) is 3.46. The van der Waals surface area contributed by atoms with E-state index in [4.69, 9.17) is 9.47 Å². The summed E-state index contributed by atoms with van der Waals surface area (Å²) < 4.78 is 14.9. The van der Waals surface area contributed by atoms with Gasteiger partial charge in [0.15, 0.2) is 11.5 Å². The molecule has 3 aromatic rings. The molecular formula is C22H21N3O3S. The maximum atomic E-state index is 13.5. The fourth-order valence-corrected chi connectivity index (χ4v) is 4.73. The molecule has 0 bridgehead atoms. The van der Waals surface area contributed by atoms with E-state index in [1.54, 1.807) is 0 Å². The van der Waals surface area contributed by atoms with Crippen molar-refractivity contribution in [3.05, 3.63) is 53.4 Å². The molecule has 0 atom stereocenters. The summed E-state index contributed by atoms with van der Waals surface area (Å²) in [4.78, 5) is 13.5. The Labute approximate surface area is 173 Å². The van der Waals surface area contributed by atoms with Gasteiger partial charge in [-0.3, -0.25) is 4.79 Å². The maximum absolute atomic E-state index is 13.5. The molecule has 0 radical (unpaired) electrons. The van der Waals surface area contributed by atoms with Crippen molar-refractivity contribution in [2.45, 2.75) is 37.5 Å². The lowest BCUT2D eigenvalue weighted by Crippen LogP contribution is -2.42. The number of benzene rings is 2. The van der Waals surface area contributed by atoms with Gasteiger partial charge in [0.25, 0.3) is 0 Å². The third-order valence-corrected chi connectivity index (χ3v) is 6.37. The Morgan fingerprint density at radius 3 is 2.55 bits per heavy atom. The predicted octanol–water partition coefficient (Wildman–Crippen LogP) is 4.77. The van der Waals surface area contributed by atoms with Crippen molar-refractivity contribution in [1.82, 2.24) is 9.59 Å². The summed E-state index contributed by atoms with van der Waals surface area (Å²) in [6.07, 6.45) is 4.91. The van der Waals surface area contributed by atoms with Crippen molar-refractivity contribution in [2.24, 2.45) is 0 Å². The first-order valence-electron chi connectivity index (χ1n) is 9.84. The van der Waals surface area contributed by atoms with Crippen LogP contribution in [0.25, 0.3) is 11.3 Å². The normalized spacial score (nSPS) is 17.1. The van der Waals surface area contributed by atoms with Gasteiger partial charge in [-0.15, -0.1) is 5.10 Å². The molecule has 1 N–H and O–H groups in total. The Bertz CT molecular complexity index is 1010. The maximum Gasteiger partial charge on any atom is 0.235 e. The highest BCUT2D eigenvalue weighted by Gasteiger charge is 2.42. The highest BCUT2D eigenvalue weighted by atomic mass is 32.1. The second kappa shape index (κ2) is 7.48. The van der Waals surface area contributed by atoms with Gasteiger partial charge >= 0.3 is 0 Å². The summed E-state index contributed by atoms with van der Waals surface area (Å²) in [5.74, 6) is 1.51. The van der Waals surface area contributed by atoms with E-state index in [1.807, 2.05) is 47.8 Å². The van der Waals surface area contributed by atoms with E-state index in [9.17, 15) is 4.79 Å². The van der Waals surface area contributed by atoms with Crippen LogP contribution in [0.5, 0.6) is 11.5 Å². The Balaban J connectivity index is 1.42. The predicted molar refractivity (Wildman–Crippen MR) is 111 cm³/mol. The highest BCUT2D eigenvalue weighted by Crippen LogP contribution is 2.44. The van der Waals surface area contributed by atoms with Gasteiger partial charge in [-0.25, -0.2) is 0 Å². The minimum absolute atomic E-state index is 0.0409. The minimum Gasteiger partial charge on any atom is -0.454 e. The molecule has 6 nitrogen and oxygen atoms in total. The zero-order valence-corrected chi connectivity index (χ0v) is 16.7. The van der Waals surface area contributed by atoms with Crippen LogP contribution in [0.1, 0.15) is 37.7 Å². The molecule has 0 saturated heterocycles. The van der Waals surface area contributed by atoms with Gasteiger partial charge in [0, 0.05) is 16.6 Å². The van der Waals surface area contributed by atoms with Crippen molar-refractivity contribution in [2.75, 3.05) is 12.1 Å². The lowest BCUT2D eigenvalue weighted by atomic mass is 9.68. The van der Waals surface area contributed by atoms with Crippen molar-refractivity contribution < 1.29 is 14.3 Å². The second-order valence-electron chi connectivity index (χ2n) is 7.53. The molecular weight excluding hydrogens is 386 g/mol. The summed E-state index contributed by atoms with van der Waals surface area (Å²) in [6.45, 7) is 0.235. The standard InChI is InChI=1S/C22H21N3O3S/c26-21(23-17-7-4-15(5-8-17)18-13-29-25-24-18)22(10-2-1-3-11-22)16-6-9-19-20(12-16)28-14-27-19/h4-9,12-13H,1-3,10-11,14H2,(H,23,26). The van der Waals surface area contributed by atoms with Gasteiger partial charge in [0.1, 0.15) is 5.69 Å². The number of carbonyl (C=O) groups excluding carboxylic acids is 1. The van der Waals surface area contributed by atoms with Gasteiger partial charge in [0.2, 0.25) is 12.7 Å². The van der Waals surface area contributed by atoms with Crippen LogP contribution in [0.2, 0.25) is 0 Å². The van der Waals surface area contributed by atoms with Crippen LogP contribution >= 0.6 is 11.5 Å². The van der Waals surface area contributed by atoms with Crippen molar-refractivity contribution in [3.8, 4) is 22.8 Å². The van der Waals surface area contributed by atoms with Gasteiger partial charge in [-0.05, 0) is 54.2 Å². The number of amides is 1. The van der Waals surface area contributed by atoms with Crippen LogP contribution in [0.4, 0.5) is 5.69 Å². The van der Waals surface area contributed by atoms with Gasteiger partial charge in [-0.2, -0.15) is 0 Å². The zero-order valence-electron chi connectivity index (χ0n) is 15.9. The molecule has 1 fully saturated rings. The van der Waals surface area contributed by atoms with Crippen molar-refractivity contribution >= 4 is 23.1 Å². The summed E-state index contributed by atoms with van der Waals surface area (Å²) in [5, 5.41) is 9.14. The van der Waals surface area contributed by atoms with E-state index in [0.717, 1.165) is 66.1 Å². The Morgan fingerprint density at radius 1 is 1.00 bits per heavy atom.